The summed E-state index contributed by atoms with van der Waals surface area (Å²) in [6.45, 7) is 4.25. The molecule has 1 N–H and O–H groups in total. The topological polar surface area (TPSA) is 24.4 Å². The normalized spacial score (nSPS) is 19.3. The molecule has 1 aliphatic rings. The van der Waals surface area contributed by atoms with Crippen LogP contribution in [0.25, 0.3) is 0 Å². The summed E-state index contributed by atoms with van der Waals surface area (Å²) in [6.07, 6.45) is 17.8. The van der Waals surface area contributed by atoms with E-state index in [4.69, 9.17) is 0 Å². The van der Waals surface area contributed by atoms with Crippen molar-refractivity contribution >= 4 is 6.21 Å². The van der Waals surface area contributed by atoms with Gasteiger partial charge in [0.05, 0.1) is 6.67 Å². The summed E-state index contributed by atoms with van der Waals surface area (Å²) in [7, 11) is 0. The van der Waals surface area contributed by atoms with Crippen LogP contribution in [-0.4, -0.2) is 19.4 Å². The van der Waals surface area contributed by atoms with Crippen LogP contribution in [0.3, 0.4) is 0 Å². The molecule has 0 aromatic heterocycles. The molecular weight excluding hydrogens is 220 g/mol. The van der Waals surface area contributed by atoms with E-state index in [-0.39, 0.29) is 0 Å². The van der Waals surface area contributed by atoms with Crippen LogP contribution < -0.4 is 5.32 Å². The third kappa shape index (κ3) is 8.68. The Bertz CT molecular complexity index is 201. The molecule has 1 aliphatic heterocycles. The Kier molecular flexibility index (Phi) is 10.2. The second kappa shape index (κ2) is 11.7. The molecule has 0 fully saturated rings. The summed E-state index contributed by atoms with van der Waals surface area (Å²) < 4.78 is 0. The second-order valence-electron chi connectivity index (χ2n) is 5.67. The van der Waals surface area contributed by atoms with E-state index >= 15 is 0 Å². The fourth-order valence-corrected chi connectivity index (χ4v) is 2.64. The smallest absolute Gasteiger partial charge is 0.0880 e. The van der Waals surface area contributed by atoms with Gasteiger partial charge in [-0.3, -0.25) is 10.3 Å². The lowest BCUT2D eigenvalue weighted by Crippen LogP contribution is -2.28. The molecule has 0 amide bonds. The number of aliphatic imine (C=N–C) groups is 1. The summed E-state index contributed by atoms with van der Waals surface area (Å²) in [5, 5.41) is 3.32. The predicted molar refractivity (Wildman–Crippen MR) is 81.3 cm³/mol. The highest BCUT2D eigenvalue weighted by Crippen LogP contribution is 2.13. The second-order valence-corrected chi connectivity index (χ2v) is 5.67. The van der Waals surface area contributed by atoms with Gasteiger partial charge in [0, 0.05) is 18.7 Å². The van der Waals surface area contributed by atoms with Crippen LogP contribution >= 0.6 is 0 Å². The van der Waals surface area contributed by atoms with Gasteiger partial charge >= 0.3 is 0 Å². The van der Waals surface area contributed by atoms with Gasteiger partial charge in [-0.1, -0.05) is 71.1 Å². The lowest BCUT2D eigenvalue weighted by molar-refractivity contribution is 0.494. The van der Waals surface area contributed by atoms with Crippen LogP contribution in [0.4, 0.5) is 0 Å². The van der Waals surface area contributed by atoms with Crippen LogP contribution in [0, 0.1) is 5.92 Å². The molecule has 0 spiro atoms. The number of unbranched alkanes of at least 4 members (excludes halogenated alkanes) is 9. The van der Waals surface area contributed by atoms with Crippen molar-refractivity contribution in [3.63, 3.8) is 0 Å². The first-order valence-corrected chi connectivity index (χ1v) is 8.14. The zero-order valence-corrected chi connectivity index (χ0v) is 12.3. The van der Waals surface area contributed by atoms with E-state index < -0.39 is 0 Å². The van der Waals surface area contributed by atoms with Crippen LogP contribution in [0.5, 0.6) is 0 Å². The van der Waals surface area contributed by atoms with Gasteiger partial charge in [0.2, 0.25) is 0 Å². The third-order valence-corrected chi connectivity index (χ3v) is 3.85. The van der Waals surface area contributed by atoms with Crippen molar-refractivity contribution in [1.29, 1.82) is 0 Å². The zero-order valence-electron chi connectivity index (χ0n) is 12.3. The van der Waals surface area contributed by atoms with Crippen molar-refractivity contribution < 1.29 is 0 Å². The lowest BCUT2D eigenvalue weighted by atomic mass is 10.00. The Morgan fingerprint density at radius 2 is 1.56 bits per heavy atom. The summed E-state index contributed by atoms with van der Waals surface area (Å²) in [6, 6.07) is 0. The standard InChI is InChI=1S/C16H32N2/c1-2-3-4-5-6-7-8-9-10-11-12-16-13-17-15-18-14-16/h13,16,18H,2-12,14-15H2,1H3. The molecule has 1 atom stereocenters. The first-order valence-electron chi connectivity index (χ1n) is 8.14. The maximum absolute atomic E-state index is 4.29. The lowest BCUT2D eigenvalue weighted by Gasteiger charge is -2.16. The molecule has 0 radical (unpaired) electrons. The molecule has 2 nitrogen and oxygen atoms in total. The molecule has 18 heavy (non-hydrogen) atoms. The van der Waals surface area contributed by atoms with Gasteiger partial charge in [-0.25, -0.2) is 0 Å². The number of nitrogens with one attached hydrogen (secondary N) is 1. The SMILES string of the molecule is CCCCCCCCCCCCC1C=NCNC1. The van der Waals surface area contributed by atoms with E-state index in [0.29, 0.717) is 5.92 Å². The van der Waals surface area contributed by atoms with E-state index in [1.807, 2.05) is 0 Å². The van der Waals surface area contributed by atoms with Crippen molar-refractivity contribution in [1.82, 2.24) is 5.32 Å². The van der Waals surface area contributed by atoms with Gasteiger partial charge in [-0.2, -0.15) is 0 Å². The number of hydrogen-bond donors (Lipinski definition) is 1. The average molecular weight is 252 g/mol. The van der Waals surface area contributed by atoms with E-state index in [1.165, 1.54) is 70.6 Å². The Morgan fingerprint density at radius 1 is 0.944 bits per heavy atom. The van der Waals surface area contributed by atoms with E-state index in [0.717, 1.165) is 13.2 Å². The minimum Gasteiger partial charge on any atom is -0.298 e. The first-order chi connectivity index (χ1) is 8.93. The van der Waals surface area contributed by atoms with Crippen LogP contribution in [0.2, 0.25) is 0 Å². The predicted octanol–water partition coefficient (Wildman–Crippen LogP) is 4.55. The highest BCUT2D eigenvalue weighted by atomic mass is 15.0. The summed E-state index contributed by atoms with van der Waals surface area (Å²) >= 11 is 0. The zero-order chi connectivity index (χ0) is 12.9. The van der Waals surface area contributed by atoms with E-state index in [2.05, 4.69) is 23.4 Å². The van der Waals surface area contributed by atoms with Gasteiger partial charge in [-0.05, 0) is 6.42 Å². The van der Waals surface area contributed by atoms with Gasteiger partial charge in [0.1, 0.15) is 0 Å². The molecule has 0 aromatic rings. The molecular formula is C16H32N2. The van der Waals surface area contributed by atoms with Crippen molar-refractivity contribution in [2.45, 2.75) is 77.6 Å². The number of hydrogen-bond acceptors (Lipinski definition) is 2. The summed E-state index contributed by atoms with van der Waals surface area (Å²) in [4.78, 5) is 4.29. The molecule has 0 saturated carbocycles. The molecule has 0 bridgehead atoms. The summed E-state index contributed by atoms with van der Waals surface area (Å²) in [5.41, 5.74) is 0. The van der Waals surface area contributed by atoms with Gasteiger partial charge in [-0.15, -0.1) is 0 Å². The fraction of sp³-hybridized carbons (Fsp3) is 0.938. The Balaban J connectivity index is 1.75. The fourth-order valence-electron chi connectivity index (χ4n) is 2.64. The molecule has 2 heteroatoms. The quantitative estimate of drug-likeness (QED) is 0.536. The van der Waals surface area contributed by atoms with Crippen molar-refractivity contribution in [3.05, 3.63) is 0 Å². The van der Waals surface area contributed by atoms with Gasteiger partial charge in [0.25, 0.3) is 0 Å². The highest BCUT2D eigenvalue weighted by Gasteiger charge is 2.07. The minimum atomic E-state index is 0.702. The Labute approximate surface area is 114 Å². The van der Waals surface area contributed by atoms with Crippen LogP contribution in [0.1, 0.15) is 77.6 Å². The molecule has 1 unspecified atom stereocenters. The Morgan fingerprint density at radius 3 is 2.11 bits per heavy atom. The van der Waals surface area contributed by atoms with Crippen molar-refractivity contribution in [2.24, 2.45) is 10.9 Å². The molecule has 1 heterocycles. The molecule has 0 aromatic carbocycles. The first kappa shape index (κ1) is 15.7. The van der Waals surface area contributed by atoms with Gasteiger partial charge in [0.15, 0.2) is 0 Å². The van der Waals surface area contributed by atoms with Crippen molar-refractivity contribution in [3.8, 4) is 0 Å². The minimum absolute atomic E-state index is 0.702. The maximum atomic E-state index is 4.29. The monoisotopic (exact) mass is 252 g/mol. The number of rotatable bonds is 11. The maximum Gasteiger partial charge on any atom is 0.0880 e. The molecule has 106 valence electrons. The summed E-state index contributed by atoms with van der Waals surface area (Å²) in [5.74, 6) is 0.702. The molecule has 1 rings (SSSR count). The molecule has 0 saturated heterocycles. The van der Waals surface area contributed by atoms with Crippen LogP contribution in [-0.2, 0) is 0 Å². The van der Waals surface area contributed by atoms with Crippen LogP contribution in [0.15, 0.2) is 4.99 Å². The van der Waals surface area contributed by atoms with E-state index in [1.54, 1.807) is 0 Å². The Hall–Kier alpha value is -0.370. The largest absolute Gasteiger partial charge is 0.298 e. The van der Waals surface area contributed by atoms with E-state index in [9.17, 15) is 0 Å². The molecule has 0 aliphatic carbocycles. The highest BCUT2D eigenvalue weighted by molar-refractivity contribution is 5.61. The van der Waals surface area contributed by atoms with Crippen molar-refractivity contribution in [2.75, 3.05) is 13.2 Å². The number of nitrogens with zero attached hydrogens (tertiary/aromatic N) is 1. The third-order valence-electron chi connectivity index (χ3n) is 3.85. The van der Waals surface area contributed by atoms with Gasteiger partial charge < -0.3 is 0 Å². The average Bonchev–Trinajstić information content (AvgIpc) is 2.42.